The maximum atomic E-state index is 12.2. The number of thiophene rings is 1. The van der Waals surface area contributed by atoms with Gasteiger partial charge in [0.05, 0.1) is 18.5 Å². The molecule has 1 saturated heterocycles. The molecule has 20 heavy (non-hydrogen) atoms. The van der Waals surface area contributed by atoms with E-state index in [1.54, 1.807) is 11.3 Å². The molecule has 1 aromatic heterocycles. The monoisotopic (exact) mass is 319 g/mol. The second kappa shape index (κ2) is 6.66. The molecule has 1 aliphatic heterocycles. The molecule has 1 fully saturated rings. The predicted molar refractivity (Wildman–Crippen MR) is 75.2 cm³/mol. The SMILES string of the molecule is O=C(O)CCCS(=O)(=O)N1CCOC(c2ccsc2)C1. The van der Waals surface area contributed by atoms with E-state index in [1.807, 2.05) is 16.8 Å². The zero-order valence-electron chi connectivity index (χ0n) is 10.9. The molecule has 1 atom stereocenters. The molecule has 0 radical (unpaired) electrons. The molecular weight excluding hydrogens is 302 g/mol. The van der Waals surface area contributed by atoms with E-state index in [1.165, 1.54) is 4.31 Å². The zero-order chi connectivity index (χ0) is 14.6. The van der Waals surface area contributed by atoms with Gasteiger partial charge in [0.1, 0.15) is 0 Å². The van der Waals surface area contributed by atoms with Gasteiger partial charge < -0.3 is 9.84 Å². The normalized spacial score (nSPS) is 20.9. The maximum Gasteiger partial charge on any atom is 0.303 e. The molecule has 0 saturated carbocycles. The largest absolute Gasteiger partial charge is 0.481 e. The van der Waals surface area contributed by atoms with Gasteiger partial charge in [0.25, 0.3) is 0 Å². The number of nitrogens with zero attached hydrogens (tertiary/aromatic N) is 1. The quantitative estimate of drug-likeness (QED) is 0.855. The van der Waals surface area contributed by atoms with Crippen LogP contribution in [0.25, 0.3) is 0 Å². The van der Waals surface area contributed by atoms with Gasteiger partial charge >= 0.3 is 5.97 Å². The van der Waals surface area contributed by atoms with Gasteiger partial charge in [0.2, 0.25) is 10.0 Å². The highest BCUT2D eigenvalue weighted by Gasteiger charge is 2.30. The van der Waals surface area contributed by atoms with Crippen LogP contribution in [0.2, 0.25) is 0 Å². The lowest BCUT2D eigenvalue weighted by Gasteiger charge is -2.31. The molecular formula is C12H17NO5S2. The van der Waals surface area contributed by atoms with E-state index in [0.717, 1.165) is 5.56 Å². The topological polar surface area (TPSA) is 83.9 Å². The molecule has 8 heteroatoms. The van der Waals surface area contributed by atoms with Gasteiger partial charge in [0.15, 0.2) is 0 Å². The standard InChI is InChI=1S/C12H17NO5S2/c14-12(15)2-1-7-20(16,17)13-4-5-18-11(8-13)10-3-6-19-9-10/h3,6,9,11H,1-2,4-5,7-8H2,(H,14,15). The lowest BCUT2D eigenvalue weighted by Crippen LogP contribution is -2.43. The molecule has 2 rings (SSSR count). The number of morpholine rings is 1. The number of carboxylic acids is 1. The Morgan fingerprint density at radius 1 is 1.55 bits per heavy atom. The summed E-state index contributed by atoms with van der Waals surface area (Å²) in [4.78, 5) is 10.4. The van der Waals surface area contributed by atoms with E-state index in [4.69, 9.17) is 9.84 Å². The van der Waals surface area contributed by atoms with Crippen molar-refractivity contribution >= 4 is 27.3 Å². The third-order valence-corrected chi connectivity index (χ3v) is 5.75. The average Bonchev–Trinajstić information content (AvgIpc) is 2.92. The highest BCUT2D eigenvalue weighted by atomic mass is 32.2. The van der Waals surface area contributed by atoms with E-state index in [9.17, 15) is 13.2 Å². The van der Waals surface area contributed by atoms with Crippen molar-refractivity contribution in [3.8, 4) is 0 Å². The Balaban J connectivity index is 1.95. The van der Waals surface area contributed by atoms with Crippen LogP contribution >= 0.6 is 11.3 Å². The Bertz CT molecular complexity index is 540. The first-order chi connectivity index (χ1) is 9.49. The van der Waals surface area contributed by atoms with Gasteiger partial charge in [-0.15, -0.1) is 0 Å². The van der Waals surface area contributed by atoms with Crippen molar-refractivity contribution < 1.29 is 23.1 Å². The first kappa shape index (κ1) is 15.4. The molecule has 1 N–H and O–H groups in total. The van der Waals surface area contributed by atoms with Gasteiger partial charge in [-0.05, 0) is 28.8 Å². The molecule has 6 nitrogen and oxygen atoms in total. The highest BCUT2D eigenvalue weighted by molar-refractivity contribution is 7.89. The van der Waals surface area contributed by atoms with Crippen molar-refractivity contribution in [3.63, 3.8) is 0 Å². The number of carboxylic acid groups (broad SMARTS) is 1. The molecule has 1 unspecified atom stereocenters. The number of aliphatic carboxylic acids is 1. The van der Waals surface area contributed by atoms with Crippen LogP contribution < -0.4 is 0 Å². The minimum Gasteiger partial charge on any atom is -0.481 e. The lowest BCUT2D eigenvalue weighted by molar-refractivity contribution is -0.137. The third kappa shape index (κ3) is 4.02. The molecule has 0 spiro atoms. The summed E-state index contributed by atoms with van der Waals surface area (Å²) in [7, 11) is -3.41. The molecule has 2 heterocycles. The summed E-state index contributed by atoms with van der Waals surface area (Å²) in [6.45, 7) is 0.987. The van der Waals surface area contributed by atoms with E-state index >= 15 is 0 Å². The van der Waals surface area contributed by atoms with Crippen molar-refractivity contribution in [2.75, 3.05) is 25.4 Å². The van der Waals surface area contributed by atoms with Crippen LogP contribution in [0.15, 0.2) is 16.8 Å². The fraction of sp³-hybridized carbons (Fsp3) is 0.583. The van der Waals surface area contributed by atoms with E-state index in [-0.39, 0.29) is 24.7 Å². The fourth-order valence-electron chi connectivity index (χ4n) is 2.07. The van der Waals surface area contributed by atoms with E-state index in [0.29, 0.717) is 19.7 Å². The summed E-state index contributed by atoms with van der Waals surface area (Å²) in [6.07, 6.45) is -0.223. The Labute approximate surface area is 122 Å². The van der Waals surface area contributed by atoms with Crippen molar-refractivity contribution in [1.82, 2.24) is 4.31 Å². The minimum absolute atomic E-state index is 0.127. The van der Waals surface area contributed by atoms with Crippen LogP contribution in [-0.4, -0.2) is 49.2 Å². The van der Waals surface area contributed by atoms with Gasteiger partial charge in [-0.3, -0.25) is 4.79 Å². The molecule has 0 aliphatic carbocycles. The third-order valence-electron chi connectivity index (χ3n) is 3.13. The van der Waals surface area contributed by atoms with Gasteiger partial charge in [-0.25, -0.2) is 8.42 Å². The first-order valence-electron chi connectivity index (χ1n) is 6.32. The van der Waals surface area contributed by atoms with Crippen LogP contribution in [0.3, 0.4) is 0 Å². The second-order valence-corrected chi connectivity index (χ2v) is 7.46. The minimum atomic E-state index is -3.41. The summed E-state index contributed by atoms with van der Waals surface area (Å²) in [6, 6.07) is 1.93. The van der Waals surface area contributed by atoms with Gasteiger partial charge in [-0.2, -0.15) is 15.6 Å². The van der Waals surface area contributed by atoms with Crippen molar-refractivity contribution in [1.29, 1.82) is 0 Å². The van der Waals surface area contributed by atoms with Gasteiger partial charge in [-0.1, -0.05) is 0 Å². The Hall–Kier alpha value is -0.960. The molecule has 1 aromatic rings. The maximum absolute atomic E-state index is 12.2. The Morgan fingerprint density at radius 2 is 2.35 bits per heavy atom. The summed E-state index contributed by atoms with van der Waals surface area (Å²) in [5, 5.41) is 12.4. The zero-order valence-corrected chi connectivity index (χ0v) is 12.5. The van der Waals surface area contributed by atoms with Crippen LogP contribution in [0.1, 0.15) is 24.5 Å². The van der Waals surface area contributed by atoms with Crippen LogP contribution in [0, 0.1) is 0 Å². The predicted octanol–water partition coefficient (Wildman–Crippen LogP) is 1.32. The van der Waals surface area contributed by atoms with Crippen molar-refractivity contribution in [3.05, 3.63) is 22.4 Å². The average molecular weight is 319 g/mol. The van der Waals surface area contributed by atoms with Gasteiger partial charge in [0, 0.05) is 19.5 Å². The first-order valence-corrected chi connectivity index (χ1v) is 8.87. The number of carbonyl (C=O) groups is 1. The number of sulfonamides is 1. The Morgan fingerprint density at radius 3 is 3.00 bits per heavy atom. The van der Waals surface area contributed by atoms with Crippen molar-refractivity contribution in [2.45, 2.75) is 18.9 Å². The molecule has 112 valence electrons. The fourth-order valence-corrected chi connectivity index (χ4v) is 4.26. The number of ether oxygens (including phenoxy) is 1. The lowest BCUT2D eigenvalue weighted by atomic mass is 10.2. The summed E-state index contributed by atoms with van der Waals surface area (Å²) in [5.41, 5.74) is 0.987. The number of rotatable bonds is 6. The number of hydrogen-bond acceptors (Lipinski definition) is 5. The summed E-state index contributed by atoms with van der Waals surface area (Å²) in [5.74, 6) is -1.10. The summed E-state index contributed by atoms with van der Waals surface area (Å²) < 4.78 is 31.3. The molecule has 0 amide bonds. The highest BCUT2D eigenvalue weighted by Crippen LogP contribution is 2.25. The van der Waals surface area contributed by atoms with E-state index in [2.05, 4.69) is 0 Å². The smallest absolute Gasteiger partial charge is 0.303 e. The molecule has 0 aromatic carbocycles. The molecule has 0 bridgehead atoms. The van der Waals surface area contributed by atoms with Crippen LogP contribution in [-0.2, 0) is 19.6 Å². The number of hydrogen-bond donors (Lipinski definition) is 1. The summed E-state index contributed by atoms with van der Waals surface area (Å²) >= 11 is 1.55. The molecule has 1 aliphatic rings. The van der Waals surface area contributed by atoms with E-state index < -0.39 is 16.0 Å². The van der Waals surface area contributed by atoms with Crippen LogP contribution in [0.5, 0.6) is 0 Å². The van der Waals surface area contributed by atoms with Crippen molar-refractivity contribution in [2.24, 2.45) is 0 Å². The second-order valence-electron chi connectivity index (χ2n) is 4.59. The Kier molecular flexibility index (Phi) is 5.14. The van der Waals surface area contributed by atoms with Crippen LogP contribution in [0.4, 0.5) is 0 Å².